The summed E-state index contributed by atoms with van der Waals surface area (Å²) in [5, 5.41) is 0. The minimum atomic E-state index is -0.486. The van der Waals surface area contributed by atoms with Gasteiger partial charge in [0, 0.05) is 28.3 Å². The van der Waals surface area contributed by atoms with Gasteiger partial charge in [-0.1, -0.05) is 152 Å². The number of nitrogens with zero attached hydrogens (tertiary/aromatic N) is 2. The number of ether oxygens (including phenoxy) is 1. The Hall–Kier alpha value is -6.58. The molecule has 1 aliphatic carbocycles. The first-order valence-electron chi connectivity index (χ1n) is 17.0. The number of hydrogen-bond donors (Lipinski definition) is 0. The lowest BCUT2D eigenvalue weighted by molar-refractivity contribution is -0.595. The van der Waals surface area contributed by atoms with Crippen molar-refractivity contribution in [3.63, 3.8) is 0 Å². The minimum Gasteiger partial charge on any atom is -0.456 e. The normalized spacial score (nSPS) is 13.1. The molecule has 3 heteroatoms. The van der Waals surface area contributed by atoms with E-state index in [0.717, 1.165) is 45.3 Å². The first-order chi connectivity index (χ1) is 24.8. The third-order valence-corrected chi connectivity index (χ3v) is 10.3. The quantitative estimate of drug-likeness (QED) is 0.179. The van der Waals surface area contributed by atoms with Crippen molar-refractivity contribution in [2.24, 2.45) is 0 Å². The molecule has 7 aromatic carbocycles. The van der Waals surface area contributed by atoms with E-state index in [9.17, 15) is 0 Å². The molecular formula is C47H31N2O+. The first kappa shape index (κ1) is 28.4. The molecule has 10 rings (SSSR count). The molecule has 50 heavy (non-hydrogen) atoms. The van der Waals surface area contributed by atoms with Gasteiger partial charge in [-0.15, -0.1) is 0 Å². The van der Waals surface area contributed by atoms with Crippen LogP contribution in [0.1, 0.15) is 22.3 Å². The summed E-state index contributed by atoms with van der Waals surface area (Å²) in [6.45, 7) is 0. The fraction of sp³-hybridized carbons (Fsp3) is 0.0213. The van der Waals surface area contributed by atoms with Gasteiger partial charge in [0.1, 0.15) is 22.9 Å². The van der Waals surface area contributed by atoms with E-state index in [1.807, 2.05) is 12.1 Å². The van der Waals surface area contributed by atoms with Crippen molar-refractivity contribution < 1.29 is 9.30 Å². The van der Waals surface area contributed by atoms with Gasteiger partial charge in [0.2, 0.25) is 18.1 Å². The predicted octanol–water partition coefficient (Wildman–Crippen LogP) is 10.8. The maximum absolute atomic E-state index is 6.81. The van der Waals surface area contributed by atoms with Crippen molar-refractivity contribution in [3.05, 3.63) is 211 Å². The Morgan fingerprint density at radius 2 is 0.880 bits per heavy atom. The molecule has 1 aliphatic heterocycles. The molecule has 0 amide bonds. The van der Waals surface area contributed by atoms with Crippen molar-refractivity contribution in [1.29, 1.82) is 0 Å². The number of hydrogen-bond acceptors (Lipinski definition) is 2. The third kappa shape index (κ3) is 4.30. The van der Waals surface area contributed by atoms with Gasteiger partial charge < -0.3 is 4.74 Å². The summed E-state index contributed by atoms with van der Waals surface area (Å²) >= 11 is 0. The Morgan fingerprint density at radius 1 is 0.400 bits per heavy atom. The number of rotatable bonds is 4. The lowest BCUT2D eigenvalue weighted by atomic mass is 9.66. The molecule has 0 bridgehead atoms. The lowest BCUT2D eigenvalue weighted by Crippen LogP contribution is -2.34. The van der Waals surface area contributed by atoms with Crippen molar-refractivity contribution in [2.75, 3.05) is 0 Å². The van der Waals surface area contributed by atoms with Crippen LogP contribution in [-0.2, 0) is 5.41 Å². The van der Waals surface area contributed by atoms with Crippen LogP contribution in [0, 0.1) is 0 Å². The van der Waals surface area contributed by atoms with Gasteiger partial charge in [0.25, 0.3) is 0 Å². The zero-order valence-corrected chi connectivity index (χ0v) is 27.2. The van der Waals surface area contributed by atoms with Crippen LogP contribution in [0.3, 0.4) is 0 Å². The molecule has 1 spiro atoms. The molecular weight excluding hydrogens is 609 g/mol. The molecule has 0 unspecified atom stereocenters. The van der Waals surface area contributed by atoms with Crippen LogP contribution in [0.2, 0.25) is 0 Å². The monoisotopic (exact) mass is 639 g/mol. The molecule has 0 fully saturated rings. The molecule has 2 heterocycles. The van der Waals surface area contributed by atoms with E-state index in [1.165, 1.54) is 38.9 Å². The van der Waals surface area contributed by atoms with E-state index in [0.29, 0.717) is 0 Å². The highest BCUT2D eigenvalue weighted by Crippen LogP contribution is 2.61. The van der Waals surface area contributed by atoms with E-state index in [2.05, 4.69) is 181 Å². The van der Waals surface area contributed by atoms with Gasteiger partial charge in [-0.2, -0.15) is 4.57 Å². The molecule has 0 atom stereocenters. The second-order valence-electron chi connectivity index (χ2n) is 13.0. The highest BCUT2D eigenvalue weighted by Gasteiger charge is 2.51. The van der Waals surface area contributed by atoms with Crippen LogP contribution in [-0.4, -0.2) is 4.98 Å². The van der Waals surface area contributed by atoms with Crippen LogP contribution < -0.4 is 9.30 Å². The van der Waals surface area contributed by atoms with E-state index >= 15 is 0 Å². The number of aromatic nitrogens is 2. The number of fused-ring (bicyclic) bond motifs is 9. The van der Waals surface area contributed by atoms with E-state index in [-0.39, 0.29) is 0 Å². The van der Waals surface area contributed by atoms with Gasteiger partial charge in [0.15, 0.2) is 0 Å². The SMILES string of the molecule is c1ccc(-c2ccc(-c3c[n+](-c4ccc5c(c4)Oc4ccccc4C54c5ccccc5-c5ccccc54)cc(-c4ccccc4)n3)cc2)cc1. The standard InChI is InChI=1S/C47H31N2O/c1-3-13-32(14-4-1)33-23-25-35(26-24-33)44-31-49(30-43(48-44)34-15-5-2-6-16-34)36-27-28-42-46(29-36)50-45-22-12-11-21-41(45)47(42)39-19-9-7-17-37(39)38-18-8-10-20-40(38)47/h1-31H/q+1. The summed E-state index contributed by atoms with van der Waals surface area (Å²) in [5.74, 6) is 1.74. The Bertz CT molecular complexity index is 2510. The highest BCUT2D eigenvalue weighted by molar-refractivity contribution is 5.88. The Morgan fingerprint density at radius 3 is 1.54 bits per heavy atom. The Balaban J connectivity index is 1.15. The summed E-state index contributed by atoms with van der Waals surface area (Å²) in [7, 11) is 0. The smallest absolute Gasteiger partial charge is 0.214 e. The van der Waals surface area contributed by atoms with Crippen LogP contribution in [0.5, 0.6) is 11.5 Å². The largest absolute Gasteiger partial charge is 0.456 e. The molecule has 234 valence electrons. The average molecular weight is 640 g/mol. The van der Waals surface area contributed by atoms with Crippen molar-refractivity contribution >= 4 is 0 Å². The first-order valence-corrected chi connectivity index (χ1v) is 17.0. The van der Waals surface area contributed by atoms with Gasteiger partial charge in [-0.05, 0) is 45.5 Å². The van der Waals surface area contributed by atoms with E-state index < -0.39 is 5.41 Å². The highest BCUT2D eigenvalue weighted by atomic mass is 16.5. The molecule has 0 saturated heterocycles. The van der Waals surface area contributed by atoms with Crippen LogP contribution in [0.4, 0.5) is 0 Å². The molecule has 2 aliphatic rings. The van der Waals surface area contributed by atoms with Crippen molar-refractivity contribution in [3.8, 4) is 62.0 Å². The average Bonchev–Trinajstić information content (AvgIpc) is 3.49. The lowest BCUT2D eigenvalue weighted by Gasteiger charge is -2.39. The fourth-order valence-electron chi connectivity index (χ4n) is 8.00. The third-order valence-electron chi connectivity index (χ3n) is 10.3. The second-order valence-corrected chi connectivity index (χ2v) is 13.0. The van der Waals surface area contributed by atoms with Gasteiger partial charge in [0.05, 0.1) is 11.5 Å². The predicted molar refractivity (Wildman–Crippen MR) is 199 cm³/mol. The Kier molecular flexibility index (Phi) is 6.40. The number of para-hydroxylation sites is 1. The molecule has 0 N–H and O–H groups in total. The minimum absolute atomic E-state index is 0.486. The number of benzene rings is 7. The van der Waals surface area contributed by atoms with Crippen LogP contribution in [0.15, 0.2) is 188 Å². The van der Waals surface area contributed by atoms with Crippen LogP contribution >= 0.6 is 0 Å². The molecule has 0 saturated carbocycles. The summed E-state index contributed by atoms with van der Waals surface area (Å²) in [6.07, 6.45) is 4.24. The zero-order chi connectivity index (χ0) is 33.1. The second kappa shape index (κ2) is 11.3. The summed E-state index contributed by atoms with van der Waals surface area (Å²) in [5.41, 5.74) is 14.2. The molecule has 8 aromatic rings. The summed E-state index contributed by atoms with van der Waals surface area (Å²) in [4.78, 5) is 5.17. The van der Waals surface area contributed by atoms with E-state index in [1.54, 1.807) is 0 Å². The zero-order valence-electron chi connectivity index (χ0n) is 27.2. The maximum Gasteiger partial charge on any atom is 0.214 e. The summed E-state index contributed by atoms with van der Waals surface area (Å²) in [6, 6.07) is 62.4. The molecule has 0 radical (unpaired) electrons. The topological polar surface area (TPSA) is 26.0 Å². The van der Waals surface area contributed by atoms with Crippen LogP contribution in [0.25, 0.3) is 50.5 Å². The molecule has 1 aromatic heterocycles. The van der Waals surface area contributed by atoms with E-state index in [4.69, 9.17) is 9.72 Å². The maximum atomic E-state index is 6.81. The molecule has 3 nitrogen and oxygen atoms in total. The van der Waals surface area contributed by atoms with Gasteiger partial charge in [-0.3, -0.25) is 0 Å². The van der Waals surface area contributed by atoms with Crippen molar-refractivity contribution in [1.82, 2.24) is 4.98 Å². The summed E-state index contributed by atoms with van der Waals surface area (Å²) < 4.78 is 9.00. The van der Waals surface area contributed by atoms with Crippen molar-refractivity contribution in [2.45, 2.75) is 5.41 Å². The van der Waals surface area contributed by atoms with Gasteiger partial charge in [-0.25, -0.2) is 4.98 Å². The Labute approximate surface area is 291 Å². The van der Waals surface area contributed by atoms with Gasteiger partial charge >= 0.3 is 0 Å². The fourth-order valence-corrected chi connectivity index (χ4v) is 8.00.